The Balaban J connectivity index is 1.39. The number of methoxy groups -OCH3 is 1. The van der Waals surface area contributed by atoms with E-state index in [0.717, 1.165) is 49.9 Å². The molecule has 0 fully saturated rings. The third-order valence-electron chi connectivity index (χ3n) is 6.37. The van der Waals surface area contributed by atoms with Gasteiger partial charge in [0.15, 0.2) is 0 Å². The first-order chi connectivity index (χ1) is 18.2. The van der Waals surface area contributed by atoms with Gasteiger partial charge in [-0.05, 0) is 52.7 Å². The topological polar surface area (TPSA) is 81.9 Å². The molecule has 0 bridgehead atoms. The van der Waals surface area contributed by atoms with Gasteiger partial charge in [-0.25, -0.2) is 14.6 Å². The van der Waals surface area contributed by atoms with Crippen LogP contribution in [-0.4, -0.2) is 32.8 Å². The van der Waals surface area contributed by atoms with Crippen molar-refractivity contribution in [3.05, 3.63) is 115 Å². The summed E-state index contributed by atoms with van der Waals surface area (Å²) in [7, 11) is 1.66. The minimum absolute atomic E-state index is 0.198. The monoisotopic (exact) mass is 485 g/mol. The number of nitrogens with zero attached hydrogens (tertiary/aromatic N) is 4. The first-order valence-corrected chi connectivity index (χ1v) is 11.9. The van der Waals surface area contributed by atoms with Gasteiger partial charge in [-0.3, -0.25) is 4.79 Å². The molecule has 2 aromatic heterocycles. The third kappa shape index (κ3) is 4.50. The lowest BCUT2D eigenvalue weighted by atomic mass is 10.0. The summed E-state index contributed by atoms with van der Waals surface area (Å²) in [5.41, 5.74) is 4.65. The Kier molecular flexibility index (Phi) is 5.78. The summed E-state index contributed by atoms with van der Waals surface area (Å²) >= 11 is 0. The summed E-state index contributed by atoms with van der Waals surface area (Å²) in [5, 5.41) is 10.2. The molecule has 2 heterocycles. The SMILES string of the molecule is COc1ccc2cc(-c3cc(C(=O)Nc4ccccc4Cn4cncn4)c4ccccc4n3)ccc2c1. The van der Waals surface area contributed by atoms with E-state index in [4.69, 9.17) is 9.72 Å². The lowest BCUT2D eigenvalue weighted by molar-refractivity contribution is 0.102. The molecule has 7 heteroatoms. The van der Waals surface area contributed by atoms with E-state index >= 15 is 0 Å². The summed E-state index contributed by atoms with van der Waals surface area (Å²) in [5.74, 6) is 0.614. The van der Waals surface area contributed by atoms with Crippen LogP contribution >= 0.6 is 0 Å². The van der Waals surface area contributed by atoms with Gasteiger partial charge in [0.1, 0.15) is 18.4 Å². The fourth-order valence-electron chi connectivity index (χ4n) is 4.48. The van der Waals surface area contributed by atoms with Crippen LogP contribution in [0.3, 0.4) is 0 Å². The van der Waals surface area contributed by atoms with Crippen LogP contribution in [0.15, 0.2) is 104 Å². The number of aromatic nitrogens is 4. The zero-order valence-corrected chi connectivity index (χ0v) is 20.1. The molecule has 0 aliphatic carbocycles. The fourth-order valence-corrected chi connectivity index (χ4v) is 4.48. The second kappa shape index (κ2) is 9.54. The number of hydrogen-bond donors (Lipinski definition) is 1. The van der Waals surface area contributed by atoms with E-state index in [1.54, 1.807) is 18.1 Å². The zero-order chi connectivity index (χ0) is 25.2. The van der Waals surface area contributed by atoms with Crippen LogP contribution in [0.2, 0.25) is 0 Å². The maximum atomic E-state index is 13.7. The van der Waals surface area contributed by atoms with Crippen molar-refractivity contribution in [2.24, 2.45) is 0 Å². The van der Waals surface area contributed by atoms with Gasteiger partial charge in [0.2, 0.25) is 0 Å². The second-order valence-electron chi connectivity index (χ2n) is 8.70. The Morgan fingerprint density at radius 2 is 1.73 bits per heavy atom. The number of rotatable bonds is 6. The Morgan fingerprint density at radius 3 is 2.59 bits per heavy atom. The molecule has 0 atom stereocenters. The maximum Gasteiger partial charge on any atom is 0.256 e. The summed E-state index contributed by atoms with van der Waals surface area (Å²) < 4.78 is 7.07. The molecule has 0 unspecified atom stereocenters. The first-order valence-electron chi connectivity index (χ1n) is 11.9. The zero-order valence-electron chi connectivity index (χ0n) is 20.1. The van der Waals surface area contributed by atoms with Gasteiger partial charge >= 0.3 is 0 Å². The van der Waals surface area contributed by atoms with Gasteiger partial charge < -0.3 is 10.1 Å². The number of benzene rings is 4. The van der Waals surface area contributed by atoms with Gasteiger partial charge in [-0.1, -0.05) is 54.6 Å². The Bertz CT molecular complexity index is 1740. The molecule has 1 amide bonds. The van der Waals surface area contributed by atoms with Crippen molar-refractivity contribution in [1.29, 1.82) is 0 Å². The molecule has 6 rings (SSSR count). The molecule has 7 nitrogen and oxygen atoms in total. The number of anilines is 1. The van der Waals surface area contributed by atoms with Crippen LogP contribution in [0, 0.1) is 0 Å². The molecular formula is C30H23N5O2. The van der Waals surface area contributed by atoms with E-state index < -0.39 is 0 Å². The maximum absolute atomic E-state index is 13.7. The number of pyridine rings is 1. The van der Waals surface area contributed by atoms with Crippen LogP contribution in [-0.2, 0) is 6.54 Å². The van der Waals surface area contributed by atoms with Gasteiger partial charge in [-0.2, -0.15) is 5.10 Å². The van der Waals surface area contributed by atoms with E-state index in [1.807, 2.05) is 84.9 Å². The van der Waals surface area contributed by atoms with Gasteiger partial charge in [0.05, 0.1) is 30.4 Å². The number of hydrogen-bond acceptors (Lipinski definition) is 5. The molecule has 37 heavy (non-hydrogen) atoms. The average molecular weight is 486 g/mol. The molecule has 180 valence electrons. The van der Waals surface area contributed by atoms with E-state index in [2.05, 4.69) is 21.5 Å². The molecular weight excluding hydrogens is 462 g/mol. The van der Waals surface area contributed by atoms with Crippen LogP contribution in [0.25, 0.3) is 32.9 Å². The van der Waals surface area contributed by atoms with Gasteiger partial charge in [0.25, 0.3) is 5.91 Å². The molecule has 6 aromatic rings. The van der Waals surface area contributed by atoms with E-state index in [9.17, 15) is 4.79 Å². The largest absolute Gasteiger partial charge is 0.497 e. The fraction of sp³-hybridized carbons (Fsp3) is 0.0667. The third-order valence-corrected chi connectivity index (χ3v) is 6.37. The first kappa shape index (κ1) is 22.4. The predicted molar refractivity (Wildman–Crippen MR) is 145 cm³/mol. The molecule has 1 N–H and O–H groups in total. The number of nitrogens with one attached hydrogen (secondary N) is 1. The molecule has 0 radical (unpaired) electrons. The standard InChI is InChI=1S/C30H23N5O2/c1-37-24-13-12-20-14-22(11-10-21(20)15-24)29-16-26(25-7-3-5-9-28(25)33-29)30(36)34-27-8-4-2-6-23(27)17-35-19-31-18-32-35/h2-16,18-19H,17H2,1H3,(H,34,36). The highest BCUT2D eigenvalue weighted by Gasteiger charge is 2.16. The van der Waals surface area contributed by atoms with Gasteiger partial charge in [-0.15, -0.1) is 0 Å². The van der Waals surface area contributed by atoms with Crippen molar-refractivity contribution in [2.45, 2.75) is 6.54 Å². The van der Waals surface area contributed by atoms with Crippen molar-refractivity contribution in [2.75, 3.05) is 12.4 Å². The molecule has 4 aromatic carbocycles. The number of carbonyl (C=O) groups excluding carboxylic acids is 1. The predicted octanol–water partition coefficient (Wildman–Crippen LogP) is 5.96. The van der Waals surface area contributed by atoms with E-state index in [0.29, 0.717) is 12.1 Å². The highest BCUT2D eigenvalue weighted by molar-refractivity contribution is 6.13. The lowest BCUT2D eigenvalue weighted by Gasteiger charge is -2.14. The Morgan fingerprint density at radius 1 is 0.919 bits per heavy atom. The van der Waals surface area contributed by atoms with Crippen molar-refractivity contribution in [1.82, 2.24) is 19.7 Å². The van der Waals surface area contributed by atoms with Crippen molar-refractivity contribution >= 4 is 33.3 Å². The highest BCUT2D eigenvalue weighted by atomic mass is 16.5. The Labute approximate surface area is 213 Å². The normalized spacial score (nSPS) is 11.1. The van der Waals surface area contributed by atoms with Crippen LogP contribution < -0.4 is 10.1 Å². The molecule has 0 spiro atoms. The van der Waals surface area contributed by atoms with E-state index in [1.165, 1.54) is 6.33 Å². The molecule has 0 saturated heterocycles. The van der Waals surface area contributed by atoms with E-state index in [-0.39, 0.29) is 5.91 Å². The van der Waals surface area contributed by atoms with Gasteiger partial charge in [0, 0.05) is 16.6 Å². The van der Waals surface area contributed by atoms with Crippen LogP contribution in [0.1, 0.15) is 15.9 Å². The quantitative estimate of drug-likeness (QED) is 0.315. The number of ether oxygens (including phenoxy) is 1. The lowest BCUT2D eigenvalue weighted by Crippen LogP contribution is -2.15. The number of para-hydroxylation sites is 2. The van der Waals surface area contributed by atoms with Crippen LogP contribution in [0.5, 0.6) is 5.75 Å². The summed E-state index contributed by atoms with van der Waals surface area (Å²) in [6.45, 7) is 0.501. The molecule has 0 saturated carbocycles. The highest BCUT2D eigenvalue weighted by Crippen LogP contribution is 2.30. The average Bonchev–Trinajstić information content (AvgIpc) is 3.46. The second-order valence-corrected chi connectivity index (χ2v) is 8.70. The summed E-state index contributed by atoms with van der Waals surface area (Å²) in [4.78, 5) is 22.5. The molecule has 0 aliphatic rings. The summed E-state index contributed by atoms with van der Waals surface area (Å²) in [6, 6.07) is 29.4. The van der Waals surface area contributed by atoms with Crippen molar-refractivity contribution in [3.8, 4) is 17.0 Å². The number of carbonyl (C=O) groups is 1. The smallest absolute Gasteiger partial charge is 0.256 e. The molecule has 0 aliphatic heterocycles. The minimum atomic E-state index is -0.198. The number of fused-ring (bicyclic) bond motifs is 2. The van der Waals surface area contributed by atoms with Crippen molar-refractivity contribution < 1.29 is 9.53 Å². The minimum Gasteiger partial charge on any atom is -0.497 e. The van der Waals surface area contributed by atoms with Crippen molar-refractivity contribution in [3.63, 3.8) is 0 Å². The number of amides is 1. The Hall–Kier alpha value is -5.04. The summed E-state index contributed by atoms with van der Waals surface area (Å²) in [6.07, 6.45) is 3.15. The van der Waals surface area contributed by atoms with Crippen LogP contribution in [0.4, 0.5) is 5.69 Å².